The van der Waals surface area contributed by atoms with Crippen LogP contribution in [0.25, 0.3) is 0 Å². The molecule has 4 N–H and O–H groups in total. The van der Waals surface area contributed by atoms with Crippen molar-refractivity contribution in [3.05, 3.63) is 23.8 Å². The van der Waals surface area contributed by atoms with E-state index in [-0.39, 0.29) is 0 Å². The summed E-state index contributed by atoms with van der Waals surface area (Å²) >= 11 is 0. The Morgan fingerprint density at radius 2 is 2.25 bits per heavy atom. The number of rotatable bonds is 3. The van der Waals surface area contributed by atoms with E-state index in [1.54, 1.807) is 12.1 Å². The third kappa shape index (κ3) is 1.95. The molecule has 0 unspecified atom stereocenters. The normalized spacial score (nSPS) is 17.2. The van der Waals surface area contributed by atoms with Gasteiger partial charge in [0.1, 0.15) is 6.07 Å². The lowest BCUT2D eigenvalue weighted by Gasteiger charge is -2.37. The maximum atomic E-state index is 9.92. The van der Waals surface area contributed by atoms with Crippen LogP contribution in [0, 0.1) is 11.3 Å². The standard InChI is InChI=1S/C12H15N3O/c13-7-9-3-1-4-10(11(9)14)15-8-12(16)5-2-6-12/h1,3-4,15-16H,2,5-6,8,14H2. The molecule has 0 heterocycles. The highest BCUT2D eigenvalue weighted by Gasteiger charge is 2.34. The van der Waals surface area contributed by atoms with Crippen molar-refractivity contribution in [2.24, 2.45) is 0 Å². The molecule has 1 saturated carbocycles. The highest BCUT2D eigenvalue weighted by Crippen LogP contribution is 2.32. The third-order valence-corrected chi connectivity index (χ3v) is 3.12. The predicted molar refractivity (Wildman–Crippen MR) is 62.9 cm³/mol. The zero-order chi connectivity index (χ0) is 11.6. The number of nitrogens with zero attached hydrogens (tertiary/aromatic N) is 1. The summed E-state index contributed by atoms with van der Waals surface area (Å²) in [5, 5.41) is 21.8. The Kier molecular flexibility index (Phi) is 2.71. The number of nitrogen functional groups attached to an aromatic ring is 1. The number of benzene rings is 1. The predicted octanol–water partition coefficient (Wildman–Crippen LogP) is 1.47. The first-order valence-corrected chi connectivity index (χ1v) is 5.39. The summed E-state index contributed by atoms with van der Waals surface area (Å²) < 4.78 is 0. The molecule has 0 saturated heterocycles. The summed E-state index contributed by atoms with van der Waals surface area (Å²) in [6, 6.07) is 7.31. The zero-order valence-electron chi connectivity index (χ0n) is 9.03. The molecule has 0 aromatic heterocycles. The van der Waals surface area contributed by atoms with E-state index in [1.807, 2.05) is 12.1 Å². The minimum absolute atomic E-state index is 0.452. The van der Waals surface area contributed by atoms with Crippen molar-refractivity contribution in [3.8, 4) is 6.07 Å². The minimum Gasteiger partial charge on any atom is -0.396 e. The van der Waals surface area contributed by atoms with Crippen LogP contribution in [0.5, 0.6) is 0 Å². The van der Waals surface area contributed by atoms with E-state index in [4.69, 9.17) is 11.0 Å². The highest BCUT2D eigenvalue weighted by molar-refractivity contribution is 5.72. The number of hydrogen-bond acceptors (Lipinski definition) is 4. The quantitative estimate of drug-likeness (QED) is 0.669. The van der Waals surface area contributed by atoms with Gasteiger partial charge in [0.15, 0.2) is 0 Å². The van der Waals surface area contributed by atoms with Crippen LogP contribution in [-0.2, 0) is 0 Å². The SMILES string of the molecule is N#Cc1cccc(NCC2(O)CCC2)c1N. The minimum atomic E-state index is -0.588. The Labute approximate surface area is 94.7 Å². The van der Waals surface area contributed by atoms with E-state index >= 15 is 0 Å². The van der Waals surface area contributed by atoms with Crippen molar-refractivity contribution in [1.29, 1.82) is 5.26 Å². The van der Waals surface area contributed by atoms with Gasteiger partial charge in [0.2, 0.25) is 0 Å². The molecule has 4 heteroatoms. The Morgan fingerprint density at radius 1 is 1.50 bits per heavy atom. The van der Waals surface area contributed by atoms with Gasteiger partial charge in [0.25, 0.3) is 0 Å². The van der Waals surface area contributed by atoms with E-state index in [2.05, 4.69) is 5.32 Å². The van der Waals surface area contributed by atoms with Gasteiger partial charge in [-0.1, -0.05) is 6.07 Å². The molecule has 1 aromatic carbocycles. The number of nitrogens with two attached hydrogens (primary N) is 1. The molecule has 1 aromatic rings. The van der Waals surface area contributed by atoms with Crippen LogP contribution in [0.4, 0.5) is 11.4 Å². The molecule has 1 fully saturated rings. The Balaban J connectivity index is 2.07. The van der Waals surface area contributed by atoms with Gasteiger partial charge >= 0.3 is 0 Å². The van der Waals surface area contributed by atoms with E-state index in [0.29, 0.717) is 17.8 Å². The van der Waals surface area contributed by atoms with Crippen LogP contribution in [0.1, 0.15) is 24.8 Å². The first kappa shape index (κ1) is 10.8. The molecule has 0 amide bonds. The fraction of sp³-hybridized carbons (Fsp3) is 0.417. The summed E-state index contributed by atoms with van der Waals surface area (Å²) in [6.45, 7) is 0.492. The first-order chi connectivity index (χ1) is 7.64. The largest absolute Gasteiger partial charge is 0.396 e. The van der Waals surface area contributed by atoms with Crippen molar-refractivity contribution in [3.63, 3.8) is 0 Å². The van der Waals surface area contributed by atoms with E-state index < -0.39 is 5.60 Å². The van der Waals surface area contributed by atoms with Gasteiger partial charge in [-0.25, -0.2) is 0 Å². The number of hydrogen-bond donors (Lipinski definition) is 3. The fourth-order valence-electron chi connectivity index (χ4n) is 1.84. The molecule has 0 aliphatic heterocycles. The monoisotopic (exact) mass is 217 g/mol. The fourth-order valence-corrected chi connectivity index (χ4v) is 1.84. The Bertz CT molecular complexity index is 432. The third-order valence-electron chi connectivity index (χ3n) is 3.12. The van der Waals surface area contributed by atoms with E-state index in [9.17, 15) is 5.11 Å². The molecule has 2 rings (SSSR count). The van der Waals surface area contributed by atoms with Crippen molar-refractivity contribution < 1.29 is 5.11 Å². The summed E-state index contributed by atoms with van der Waals surface area (Å²) in [7, 11) is 0. The number of aliphatic hydroxyl groups is 1. The molecule has 4 nitrogen and oxygen atoms in total. The average Bonchev–Trinajstić information content (AvgIpc) is 2.25. The summed E-state index contributed by atoms with van der Waals surface area (Å²) in [5.74, 6) is 0. The van der Waals surface area contributed by atoms with Gasteiger partial charge in [0.05, 0.1) is 22.5 Å². The maximum absolute atomic E-state index is 9.92. The van der Waals surface area contributed by atoms with Gasteiger partial charge in [-0.05, 0) is 31.4 Å². The molecular formula is C12H15N3O. The summed E-state index contributed by atoms with van der Waals surface area (Å²) in [4.78, 5) is 0. The topological polar surface area (TPSA) is 82.1 Å². The van der Waals surface area contributed by atoms with Gasteiger partial charge in [-0.15, -0.1) is 0 Å². The lowest BCUT2D eigenvalue weighted by molar-refractivity contribution is -0.0201. The average molecular weight is 217 g/mol. The smallest absolute Gasteiger partial charge is 0.101 e. The van der Waals surface area contributed by atoms with E-state index in [0.717, 1.165) is 24.9 Å². The molecular weight excluding hydrogens is 202 g/mol. The van der Waals surface area contributed by atoms with Crippen LogP contribution in [0.2, 0.25) is 0 Å². The lowest BCUT2D eigenvalue weighted by atomic mass is 9.80. The van der Waals surface area contributed by atoms with Crippen LogP contribution >= 0.6 is 0 Å². The molecule has 0 spiro atoms. The maximum Gasteiger partial charge on any atom is 0.101 e. The van der Waals surface area contributed by atoms with E-state index in [1.165, 1.54) is 0 Å². The summed E-state index contributed by atoms with van der Waals surface area (Å²) in [6.07, 6.45) is 2.74. The lowest BCUT2D eigenvalue weighted by Crippen LogP contribution is -2.43. The second-order valence-corrected chi connectivity index (χ2v) is 4.31. The number of anilines is 2. The second-order valence-electron chi connectivity index (χ2n) is 4.31. The zero-order valence-corrected chi connectivity index (χ0v) is 9.03. The van der Waals surface area contributed by atoms with Gasteiger partial charge in [-0.3, -0.25) is 0 Å². The molecule has 0 atom stereocenters. The van der Waals surface area contributed by atoms with Crippen LogP contribution in [0.15, 0.2) is 18.2 Å². The van der Waals surface area contributed by atoms with Gasteiger partial charge in [-0.2, -0.15) is 5.26 Å². The van der Waals surface area contributed by atoms with Gasteiger partial charge < -0.3 is 16.2 Å². The molecule has 1 aliphatic rings. The van der Waals surface area contributed by atoms with Crippen LogP contribution in [0.3, 0.4) is 0 Å². The molecule has 16 heavy (non-hydrogen) atoms. The van der Waals surface area contributed by atoms with Gasteiger partial charge in [0, 0.05) is 6.54 Å². The summed E-state index contributed by atoms with van der Waals surface area (Å²) in [5.41, 5.74) is 6.86. The number of para-hydroxylation sites is 1. The van der Waals surface area contributed by atoms with Crippen molar-refractivity contribution in [2.75, 3.05) is 17.6 Å². The molecule has 0 bridgehead atoms. The Hall–Kier alpha value is -1.73. The molecule has 1 aliphatic carbocycles. The van der Waals surface area contributed by atoms with Crippen molar-refractivity contribution >= 4 is 11.4 Å². The highest BCUT2D eigenvalue weighted by atomic mass is 16.3. The van der Waals surface area contributed by atoms with Crippen molar-refractivity contribution in [1.82, 2.24) is 0 Å². The van der Waals surface area contributed by atoms with Crippen LogP contribution < -0.4 is 11.1 Å². The number of nitrogens with one attached hydrogen (secondary N) is 1. The molecule has 0 radical (unpaired) electrons. The van der Waals surface area contributed by atoms with Crippen LogP contribution in [-0.4, -0.2) is 17.3 Å². The number of nitriles is 1. The van der Waals surface area contributed by atoms with Crippen molar-refractivity contribution in [2.45, 2.75) is 24.9 Å². The Morgan fingerprint density at radius 3 is 2.81 bits per heavy atom. The second kappa shape index (κ2) is 4.03. The first-order valence-electron chi connectivity index (χ1n) is 5.39. The molecule has 84 valence electrons.